The zero-order valence-corrected chi connectivity index (χ0v) is 10.00. The monoisotopic (exact) mass is 251 g/mol. The average Bonchev–Trinajstić information content (AvgIpc) is 2.62. The number of ether oxygens (including phenoxy) is 1. The molecule has 1 saturated carbocycles. The molecule has 2 N–H and O–H groups in total. The van der Waals surface area contributed by atoms with E-state index >= 15 is 0 Å². The molecule has 0 amide bonds. The van der Waals surface area contributed by atoms with Crippen molar-refractivity contribution >= 4 is 16.0 Å². The van der Waals surface area contributed by atoms with Gasteiger partial charge in [0.05, 0.1) is 18.3 Å². The molecule has 2 unspecified atom stereocenters. The first-order valence-corrected chi connectivity index (χ1v) is 6.83. The molecule has 1 rings (SSSR count). The van der Waals surface area contributed by atoms with Crippen LogP contribution in [0, 0.1) is 5.92 Å². The normalized spacial score (nSPS) is 25.8. The molecule has 0 heterocycles. The van der Waals surface area contributed by atoms with Gasteiger partial charge < -0.3 is 9.84 Å². The van der Waals surface area contributed by atoms with E-state index in [1.807, 2.05) is 0 Å². The molecule has 1 aliphatic rings. The van der Waals surface area contributed by atoms with Crippen LogP contribution >= 0.6 is 0 Å². The fraction of sp³-hybridized carbons (Fsp3) is 0.889. The molecule has 0 bridgehead atoms. The third-order valence-corrected chi connectivity index (χ3v) is 4.09. The van der Waals surface area contributed by atoms with Crippen molar-refractivity contribution in [2.45, 2.75) is 25.3 Å². The second-order valence-electron chi connectivity index (χ2n) is 3.91. The van der Waals surface area contributed by atoms with Gasteiger partial charge in [-0.05, 0) is 12.8 Å². The maximum atomic E-state index is 11.5. The van der Waals surface area contributed by atoms with E-state index in [0.29, 0.717) is 12.8 Å². The minimum Gasteiger partial charge on any atom is -0.481 e. The van der Waals surface area contributed by atoms with E-state index in [1.165, 1.54) is 7.11 Å². The first-order chi connectivity index (χ1) is 7.46. The van der Waals surface area contributed by atoms with Crippen LogP contribution in [0.1, 0.15) is 19.3 Å². The first-order valence-electron chi connectivity index (χ1n) is 5.18. The summed E-state index contributed by atoms with van der Waals surface area (Å²) < 4.78 is 30.2. The molecule has 0 spiro atoms. The van der Waals surface area contributed by atoms with Gasteiger partial charge in [0.1, 0.15) is 0 Å². The highest BCUT2D eigenvalue weighted by Crippen LogP contribution is 2.26. The molecule has 1 fully saturated rings. The summed E-state index contributed by atoms with van der Waals surface area (Å²) in [4.78, 5) is 10.9. The van der Waals surface area contributed by atoms with Crippen molar-refractivity contribution in [1.82, 2.24) is 4.72 Å². The minimum absolute atomic E-state index is 0.111. The van der Waals surface area contributed by atoms with Gasteiger partial charge in [-0.3, -0.25) is 4.79 Å². The van der Waals surface area contributed by atoms with E-state index in [9.17, 15) is 13.2 Å². The van der Waals surface area contributed by atoms with Gasteiger partial charge in [0.2, 0.25) is 10.0 Å². The Morgan fingerprint density at radius 3 is 2.75 bits per heavy atom. The second kappa shape index (κ2) is 5.60. The molecule has 0 radical (unpaired) electrons. The van der Waals surface area contributed by atoms with Gasteiger partial charge in [-0.25, -0.2) is 13.1 Å². The second-order valence-corrected chi connectivity index (χ2v) is 5.79. The van der Waals surface area contributed by atoms with Crippen LogP contribution < -0.4 is 4.72 Å². The Labute approximate surface area is 95.0 Å². The van der Waals surface area contributed by atoms with Crippen LogP contribution in [0.4, 0.5) is 0 Å². The molecule has 16 heavy (non-hydrogen) atoms. The molecule has 0 saturated heterocycles. The number of hydrogen-bond acceptors (Lipinski definition) is 4. The van der Waals surface area contributed by atoms with E-state index in [-0.39, 0.29) is 12.4 Å². The summed E-state index contributed by atoms with van der Waals surface area (Å²) in [7, 11) is -2.01. The van der Waals surface area contributed by atoms with Crippen molar-refractivity contribution in [3.05, 3.63) is 0 Å². The van der Waals surface area contributed by atoms with Gasteiger partial charge in [0, 0.05) is 13.2 Å². The van der Waals surface area contributed by atoms with Crippen molar-refractivity contribution in [3.63, 3.8) is 0 Å². The largest absolute Gasteiger partial charge is 0.481 e. The maximum Gasteiger partial charge on any atom is 0.308 e. The molecule has 2 atom stereocenters. The van der Waals surface area contributed by atoms with Crippen LogP contribution in [0.5, 0.6) is 0 Å². The number of carbonyl (C=O) groups is 1. The fourth-order valence-corrected chi connectivity index (χ4v) is 3.13. The molecule has 94 valence electrons. The Hall–Kier alpha value is -0.660. The lowest BCUT2D eigenvalue weighted by Gasteiger charge is -2.17. The molecule has 0 aromatic carbocycles. The summed E-state index contributed by atoms with van der Waals surface area (Å²) in [6.45, 7) is 0.111. The van der Waals surface area contributed by atoms with E-state index in [4.69, 9.17) is 5.11 Å². The van der Waals surface area contributed by atoms with Crippen molar-refractivity contribution in [2.24, 2.45) is 5.92 Å². The van der Waals surface area contributed by atoms with E-state index in [2.05, 4.69) is 9.46 Å². The van der Waals surface area contributed by atoms with Crippen LogP contribution in [0.15, 0.2) is 0 Å². The average molecular weight is 251 g/mol. The van der Waals surface area contributed by atoms with Crippen molar-refractivity contribution < 1.29 is 23.1 Å². The summed E-state index contributed by atoms with van der Waals surface area (Å²) in [5.74, 6) is -1.67. The van der Waals surface area contributed by atoms with E-state index in [0.717, 1.165) is 6.42 Å². The van der Waals surface area contributed by atoms with Crippen molar-refractivity contribution in [1.29, 1.82) is 0 Å². The van der Waals surface area contributed by atoms with Gasteiger partial charge in [-0.2, -0.15) is 0 Å². The van der Waals surface area contributed by atoms with Gasteiger partial charge in [-0.15, -0.1) is 0 Å². The van der Waals surface area contributed by atoms with Crippen LogP contribution in [-0.2, 0) is 19.6 Å². The molecular formula is C9H17NO5S. The summed E-state index contributed by atoms with van der Waals surface area (Å²) in [6.07, 6.45) is 1.87. The summed E-state index contributed by atoms with van der Waals surface area (Å²) in [5.41, 5.74) is 0. The highest BCUT2D eigenvalue weighted by Gasteiger charge is 2.35. The Balaban J connectivity index is 2.56. The van der Waals surface area contributed by atoms with Gasteiger partial charge >= 0.3 is 5.97 Å². The van der Waals surface area contributed by atoms with Crippen LogP contribution in [0.25, 0.3) is 0 Å². The number of carboxylic acid groups (broad SMARTS) is 1. The van der Waals surface area contributed by atoms with Gasteiger partial charge in [0.25, 0.3) is 0 Å². The highest BCUT2D eigenvalue weighted by atomic mass is 32.2. The molecule has 0 aliphatic heterocycles. The number of hydrogen-bond donors (Lipinski definition) is 2. The Morgan fingerprint density at radius 1 is 1.50 bits per heavy atom. The molecule has 6 nitrogen and oxygen atoms in total. The zero-order valence-electron chi connectivity index (χ0n) is 9.18. The van der Waals surface area contributed by atoms with Gasteiger partial charge in [-0.1, -0.05) is 6.42 Å². The number of nitrogens with one attached hydrogen (secondary N) is 1. The standard InChI is InChI=1S/C9H17NO5S/c1-15-5-6-16(13,14)10-8-4-2-3-7(8)9(11)12/h7-8,10H,2-6H2,1H3,(H,11,12). The molecule has 1 aliphatic carbocycles. The number of sulfonamides is 1. The number of carboxylic acids is 1. The lowest BCUT2D eigenvalue weighted by Crippen LogP contribution is -2.41. The predicted octanol–water partition coefficient (Wildman–Crippen LogP) is -0.194. The first kappa shape index (κ1) is 13.4. The fourth-order valence-electron chi connectivity index (χ4n) is 1.88. The minimum atomic E-state index is -3.43. The maximum absolute atomic E-state index is 11.5. The smallest absolute Gasteiger partial charge is 0.308 e. The van der Waals surface area contributed by atoms with Gasteiger partial charge in [0.15, 0.2) is 0 Å². The molecular weight excluding hydrogens is 234 g/mol. The summed E-state index contributed by atoms with van der Waals surface area (Å²) in [6, 6.07) is -0.473. The number of aliphatic carboxylic acids is 1. The predicted molar refractivity (Wildman–Crippen MR) is 57.6 cm³/mol. The van der Waals surface area contributed by atoms with Crippen molar-refractivity contribution in [3.8, 4) is 0 Å². The Morgan fingerprint density at radius 2 is 2.19 bits per heavy atom. The molecule has 0 aromatic rings. The SMILES string of the molecule is COCCS(=O)(=O)NC1CCCC1C(=O)O. The topological polar surface area (TPSA) is 92.7 Å². The Kier molecular flexibility index (Phi) is 4.69. The van der Waals surface area contributed by atoms with Crippen LogP contribution in [-0.4, -0.2) is 45.0 Å². The lowest BCUT2D eigenvalue weighted by atomic mass is 10.1. The number of rotatable bonds is 6. The number of methoxy groups -OCH3 is 1. The Bertz CT molecular complexity index is 340. The zero-order chi connectivity index (χ0) is 12.2. The highest BCUT2D eigenvalue weighted by molar-refractivity contribution is 7.89. The summed E-state index contributed by atoms with van der Waals surface area (Å²) >= 11 is 0. The quantitative estimate of drug-likeness (QED) is 0.682. The van der Waals surface area contributed by atoms with Crippen LogP contribution in [0.2, 0.25) is 0 Å². The summed E-state index contributed by atoms with van der Waals surface area (Å²) in [5, 5.41) is 8.90. The van der Waals surface area contributed by atoms with Crippen molar-refractivity contribution in [2.75, 3.05) is 19.5 Å². The third-order valence-electron chi connectivity index (χ3n) is 2.72. The lowest BCUT2D eigenvalue weighted by molar-refractivity contribution is -0.141. The molecule has 0 aromatic heterocycles. The molecule has 7 heteroatoms. The van der Waals surface area contributed by atoms with Crippen LogP contribution in [0.3, 0.4) is 0 Å². The third kappa shape index (κ3) is 3.73. The van der Waals surface area contributed by atoms with E-state index < -0.39 is 28.0 Å². The van der Waals surface area contributed by atoms with E-state index in [1.54, 1.807) is 0 Å².